The van der Waals surface area contributed by atoms with E-state index in [1.54, 1.807) is 17.8 Å². The van der Waals surface area contributed by atoms with Crippen LogP contribution in [0.5, 0.6) is 0 Å². The molecule has 1 aliphatic heterocycles. The van der Waals surface area contributed by atoms with E-state index in [2.05, 4.69) is 4.99 Å². The van der Waals surface area contributed by atoms with E-state index in [1.807, 2.05) is 37.4 Å². The molecule has 7 heteroatoms. The molecule has 1 heterocycles. The van der Waals surface area contributed by atoms with Crippen molar-refractivity contribution < 1.29 is 13.6 Å². The number of hydrogen-bond acceptors (Lipinski definition) is 4. The zero-order valence-corrected chi connectivity index (χ0v) is 15.8. The summed E-state index contributed by atoms with van der Waals surface area (Å²) in [5.74, 6) is -1.59. The summed E-state index contributed by atoms with van der Waals surface area (Å²) in [4.78, 5) is 20.0. The molecule has 0 radical (unpaired) electrons. The van der Waals surface area contributed by atoms with E-state index >= 15 is 0 Å². The van der Waals surface area contributed by atoms with Crippen molar-refractivity contribution in [3.05, 3.63) is 64.6 Å². The Morgan fingerprint density at radius 3 is 2.54 bits per heavy atom. The van der Waals surface area contributed by atoms with Gasteiger partial charge in [-0.05, 0) is 60.8 Å². The molecule has 1 fully saturated rings. The monoisotopic (exact) mass is 390 g/mol. The van der Waals surface area contributed by atoms with Gasteiger partial charge in [0, 0.05) is 17.5 Å². The van der Waals surface area contributed by atoms with E-state index in [4.69, 9.17) is 0 Å². The van der Waals surface area contributed by atoms with Gasteiger partial charge < -0.3 is 0 Å². The topological polar surface area (TPSA) is 32.7 Å². The average molecular weight is 390 g/mol. The molecule has 0 unspecified atom stereocenters. The lowest BCUT2D eigenvalue weighted by molar-refractivity contribution is -0.122. The first kappa shape index (κ1) is 18.7. The predicted octanol–water partition coefficient (Wildman–Crippen LogP) is 5.31. The van der Waals surface area contributed by atoms with Crippen molar-refractivity contribution in [1.29, 1.82) is 0 Å². The van der Waals surface area contributed by atoms with Crippen LogP contribution in [0.15, 0.2) is 57.3 Å². The van der Waals surface area contributed by atoms with Crippen molar-refractivity contribution in [2.24, 2.45) is 4.99 Å². The number of nitrogens with zero attached hydrogens (tertiary/aromatic N) is 2. The molecule has 0 aliphatic carbocycles. The lowest BCUT2D eigenvalue weighted by Crippen LogP contribution is -2.28. The molecule has 0 saturated carbocycles. The number of carbonyl (C=O) groups is 1. The van der Waals surface area contributed by atoms with Gasteiger partial charge >= 0.3 is 0 Å². The average Bonchev–Trinajstić information content (AvgIpc) is 2.92. The van der Waals surface area contributed by atoms with Gasteiger partial charge in [0.25, 0.3) is 5.91 Å². The minimum Gasteiger partial charge on any atom is -0.287 e. The molecule has 1 aliphatic rings. The van der Waals surface area contributed by atoms with E-state index in [-0.39, 0.29) is 11.6 Å². The zero-order chi connectivity index (χ0) is 18.7. The van der Waals surface area contributed by atoms with Gasteiger partial charge in [0.2, 0.25) is 0 Å². The maximum absolute atomic E-state index is 13.9. The number of amidine groups is 1. The fourth-order valence-electron chi connectivity index (χ4n) is 2.40. The van der Waals surface area contributed by atoms with Crippen molar-refractivity contribution in [2.45, 2.75) is 11.8 Å². The summed E-state index contributed by atoms with van der Waals surface area (Å²) < 4.78 is 26.9. The minimum absolute atomic E-state index is 0.00530. The standard InChI is InChI=1S/C19H16F2N2OS2/c1-3-23-18(24)17(10-12-4-7-14(25-2)8-5-12)26-19(23)22-16-9-6-13(20)11-15(16)21/h4-11H,3H2,1-2H3/b17-10+,22-19?. The molecular weight excluding hydrogens is 374 g/mol. The highest BCUT2D eigenvalue weighted by molar-refractivity contribution is 8.18. The number of rotatable bonds is 4. The summed E-state index contributed by atoms with van der Waals surface area (Å²) in [7, 11) is 0. The number of aliphatic imine (C=N–C) groups is 1. The summed E-state index contributed by atoms with van der Waals surface area (Å²) in [6, 6.07) is 11.0. The second kappa shape index (κ2) is 8.05. The van der Waals surface area contributed by atoms with Gasteiger partial charge in [0.15, 0.2) is 11.0 Å². The predicted molar refractivity (Wildman–Crippen MR) is 105 cm³/mol. The SMILES string of the molecule is CCN1C(=O)/C(=C\c2ccc(SC)cc2)SC1=Nc1ccc(F)cc1F. The van der Waals surface area contributed by atoms with Crippen molar-refractivity contribution in [3.63, 3.8) is 0 Å². The van der Waals surface area contributed by atoms with Gasteiger partial charge in [-0.2, -0.15) is 0 Å². The molecule has 0 aromatic heterocycles. The fraction of sp³-hybridized carbons (Fsp3) is 0.158. The summed E-state index contributed by atoms with van der Waals surface area (Å²) in [5, 5.41) is 0.384. The van der Waals surface area contributed by atoms with Crippen LogP contribution in [0.1, 0.15) is 12.5 Å². The Kier molecular flexibility index (Phi) is 5.78. The molecule has 3 rings (SSSR count). The molecule has 3 nitrogen and oxygen atoms in total. The Balaban J connectivity index is 1.92. The van der Waals surface area contributed by atoms with Gasteiger partial charge in [-0.3, -0.25) is 9.69 Å². The number of thioether (sulfide) groups is 2. The highest BCUT2D eigenvalue weighted by atomic mass is 32.2. The van der Waals surface area contributed by atoms with E-state index in [1.165, 1.54) is 22.7 Å². The molecule has 0 N–H and O–H groups in total. The molecule has 0 spiro atoms. The molecule has 2 aromatic rings. The van der Waals surface area contributed by atoms with Crippen molar-refractivity contribution in [2.75, 3.05) is 12.8 Å². The molecule has 134 valence electrons. The fourth-order valence-corrected chi connectivity index (χ4v) is 3.86. The molecule has 0 atom stereocenters. The van der Waals surface area contributed by atoms with Crippen molar-refractivity contribution in [3.8, 4) is 0 Å². The third-order valence-corrected chi connectivity index (χ3v) is 5.49. The molecule has 1 saturated heterocycles. The van der Waals surface area contributed by atoms with Crippen LogP contribution in [0.4, 0.5) is 14.5 Å². The largest absolute Gasteiger partial charge is 0.287 e. The lowest BCUT2D eigenvalue weighted by atomic mass is 10.2. The van der Waals surface area contributed by atoms with E-state index in [0.717, 1.165) is 22.6 Å². The first-order valence-electron chi connectivity index (χ1n) is 7.91. The Labute approximate surface area is 159 Å². The number of amides is 1. The van der Waals surface area contributed by atoms with Crippen LogP contribution in [0.3, 0.4) is 0 Å². The number of hydrogen-bond donors (Lipinski definition) is 0. The van der Waals surface area contributed by atoms with E-state index in [0.29, 0.717) is 16.6 Å². The minimum atomic E-state index is -0.758. The molecular formula is C19H16F2N2OS2. The van der Waals surface area contributed by atoms with Gasteiger partial charge in [0.05, 0.1) is 4.91 Å². The molecule has 26 heavy (non-hydrogen) atoms. The van der Waals surface area contributed by atoms with Crippen LogP contribution in [0.25, 0.3) is 6.08 Å². The molecule has 2 aromatic carbocycles. The van der Waals surface area contributed by atoms with E-state index < -0.39 is 11.6 Å². The highest BCUT2D eigenvalue weighted by Gasteiger charge is 2.32. The molecule has 0 bridgehead atoms. The normalized spacial score (nSPS) is 17.5. The third kappa shape index (κ3) is 3.99. The maximum Gasteiger partial charge on any atom is 0.266 e. The highest BCUT2D eigenvalue weighted by Crippen LogP contribution is 2.34. The summed E-state index contributed by atoms with van der Waals surface area (Å²) in [6.45, 7) is 2.24. The Morgan fingerprint density at radius 1 is 1.19 bits per heavy atom. The second-order valence-electron chi connectivity index (χ2n) is 5.42. The first-order valence-corrected chi connectivity index (χ1v) is 9.95. The number of halogens is 2. The van der Waals surface area contributed by atoms with E-state index in [9.17, 15) is 13.6 Å². The Bertz CT molecular complexity index is 895. The Hall–Kier alpha value is -2.12. The quantitative estimate of drug-likeness (QED) is 0.524. The third-order valence-electron chi connectivity index (χ3n) is 3.74. The van der Waals surface area contributed by atoms with Crippen LogP contribution in [0, 0.1) is 11.6 Å². The van der Waals surface area contributed by atoms with Crippen LogP contribution in [0.2, 0.25) is 0 Å². The summed E-state index contributed by atoms with van der Waals surface area (Å²) in [5.41, 5.74) is 0.912. The van der Waals surface area contributed by atoms with Crippen LogP contribution in [-0.2, 0) is 4.79 Å². The van der Waals surface area contributed by atoms with Gasteiger partial charge in [0.1, 0.15) is 11.5 Å². The van der Waals surface area contributed by atoms with Gasteiger partial charge in [-0.15, -0.1) is 11.8 Å². The number of likely N-dealkylation sites (N-methyl/N-ethyl adjacent to an activating group) is 1. The van der Waals surface area contributed by atoms with Crippen molar-refractivity contribution >= 4 is 46.4 Å². The number of benzene rings is 2. The summed E-state index contributed by atoms with van der Waals surface area (Å²) in [6.07, 6.45) is 3.80. The lowest BCUT2D eigenvalue weighted by Gasteiger charge is -2.12. The van der Waals surface area contributed by atoms with Gasteiger partial charge in [-0.25, -0.2) is 13.8 Å². The smallest absolute Gasteiger partial charge is 0.266 e. The summed E-state index contributed by atoms with van der Waals surface area (Å²) >= 11 is 2.83. The Morgan fingerprint density at radius 2 is 1.92 bits per heavy atom. The van der Waals surface area contributed by atoms with Crippen LogP contribution >= 0.6 is 23.5 Å². The zero-order valence-electron chi connectivity index (χ0n) is 14.2. The van der Waals surface area contributed by atoms with Gasteiger partial charge in [-0.1, -0.05) is 12.1 Å². The number of carbonyl (C=O) groups excluding carboxylic acids is 1. The second-order valence-corrected chi connectivity index (χ2v) is 7.31. The molecule has 1 amide bonds. The first-order chi connectivity index (χ1) is 12.5. The maximum atomic E-state index is 13.9. The van der Waals surface area contributed by atoms with Crippen LogP contribution in [-0.4, -0.2) is 28.8 Å². The van der Waals surface area contributed by atoms with Crippen molar-refractivity contribution in [1.82, 2.24) is 4.90 Å². The van der Waals surface area contributed by atoms with Crippen LogP contribution < -0.4 is 0 Å².